The minimum absolute atomic E-state index is 0.132. The van der Waals surface area contributed by atoms with Crippen molar-refractivity contribution in [2.75, 3.05) is 0 Å². The molecule has 0 atom stereocenters. The Kier molecular flexibility index (Phi) is 3.58. The maximum Gasteiger partial charge on any atom is 0.133 e. The van der Waals surface area contributed by atoms with Crippen LogP contribution in [0.5, 0.6) is 11.5 Å². The molecule has 0 saturated carbocycles. The second kappa shape index (κ2) is 5.14. The summed E-state index contributed by atoms with van der Waals surface area (Å²) in [6.45, 7) is 2.35. The Morgan fingerprint density at radius 3 is 2.22 bits per heavy atom. The molecule has 0 aliphatic heterocycles. The third-order valence-corrected chi connectivity index (χ3v) is 2.61. The monoisotopic (exact) mass is 249 g/mol. The highest BCUT2D eigenvalue weighted by Crippen LogP contribution is 2.25. The predicted molar refractivity (Wildman–Crippen MR) is 65.5 cm³/mol. The summed E-state index contributed by atoms with van der Waals surface area (Å²) >= 11 is 0. The van der Waals surface area contributed by atoms with Gasteiger partial charge in [0.1, 0.15) is 23.1 Å². The number of benzene rings is 2. The molecular weight excluding hydrogens is 236 g/mol. The molecule has 0 aliphatic carbocycles. The lowest BCUT2D eigenvalue weighted by molar-refractivity contribution is 0.468. The number of halogens is 2. The number of hydrogen-bond acceptors (Lipinski definition) is 2. The molecule has 2 nitrogen and oxygen atoms in total. The fourth-order valence-corrected chi connectivity index (χ4v) is 1.68. The van der Waals surface area contributed by atoms with Crippen LogP contribution in [0, 0.1) is 18.6 Å². The van der Waals surface area contributed by atoms with E-state index in [-0.39, 0.29) is 5.75 Å². The Balaban J connectivity index is 2.25. The molecule has 2 aromatic carbocycles. The number of hydrogen-bond donors (Lipinski definition) is 1. The van der Waals surface area contributed by atoms with Gasteiger partial charge in [-0.3, -0.25) is 0 Å². The van der Waals surface area contributed by atoms with E-state index >= 15 is 0 Å². The zero-order chi connectivity index (χ0) is 13.1. The Hall–Kier alpha value is -1.94. The summed E-state index contributed by atoms with van der Waals surface area (Å²) in [6, 6.07) is 8.41. The molecule has 0 radical (unpaired) electrons. The van der Waals surface area contributed by atoms with E-state index in [1.807, 2.05) is 13.0 Å². The van der Waals surface area contributed by atoms with Crippen LogP contribution in [0.4, 0.5) is 8.78 Å². The molecule has 0 aromatic heterocycles. The van der Waals surface area contributed by atoms with E-state index in [1.165, 1.54) is 0 Å². The zero-order valence-corrected chi connectivity index (χ0v) is 9.91. The van der Waals surface area contributed by atoms with Crippen molar-refractivity contribution in [2.24, 2.45) is 5.73 Å². The highest BCUT2D eigenvalue weighted by Gasteiger charge is 2.04. The van der Waals surface area contributed by atoms with E-state index in [0.717, 1.165) is 29.3 Å². The molecule has 2 rings (SSSR count). The van der Waals surface area contributed by atoms with Gasteiger partial charge in [0.05, 0.1) is 0 Å². The first kappa shape index (κ1) is 12.5. The van der Waals surface area contributed by atoms with Gasteiger partial charge in [-0.15, -0.1) is 0 Å². The minimum Gasteiger partial charge on any atom is -0.457 e. The summed E-state index contributed by atoms with van der Waals surface area (Å²) in [4.78, 5) is 0. The Morgan fingerprint density at radius 2 is 1.67 bits per heavy atom. The van der Waals surface area contributed by atoms with Crippen LogP contribution in [0.3, 0.4) is 0 Å². The van der Waals surface area contributed by atoms with Gasteiger partial charge in [0, 0.05) is 24.7 Å². The Morgan fingerprint density at radius 1 is 1.00 bits per heavy atom. The van der Waals surface area contributed by atoms with Crippen LogP contribution in [-0.2, 0) is 6.54 Å². The van der Waals surface area contributed by atoms with Gasteiger partial charge in [0.15, 0.2) is 0 Å². The molecule has 0 saturated heterocycles. The van der Waals surface area contributed by atoms with E-state index in [0.29, 0.717) is 12.3 Å². The maximum absolute atomic E-state index is 13.0. The fourth-order valence-electron chi connectivity index (χ4n) is 1.68. The van der Waals surface area contributed by atoms with E-state index in [1.54, 1.807) is 12.1 Å². The molecule has 2 aromatic rings. The molecule has 0 aliphatic rings. The second-order valence-corrected chi connectivity index (χ2v) is 4.00. The first-order valence-corrected chi connectivity index (χ1v) is 5.52. The maximum atomic E-state index is 13.0. The number of nitrogens with two attached hydrogens (primary N) is 1. The molecule has 94 valence electrons. The third-order valence-electron chi connectivity index (χ3n) is 2.61. The van der Waals surface area contributed by atoms with Gasteiger partial charge >= 0.3 is 0 Å². The first-order valence-electron chi connectivity index (χ1n) is 5.52. The lowest BCUT2D eigenvalue weighted by Gasteiger charge is -2.09. The Bertz CT molecular complexity index is 549. The average molecular weight is 249 g/mol. The van der Waals surface area contributed by atoms with E-state index in [2.05, 4.69) is 0 Å². The molecule has 0 amide bonds. The number of ether oxygens (including phenoxy) is 1. The number of rotatable bonds is 3. The summed E-state index contributed by atoms with van der Waals surface area (Å²) in [7, 11) is 0. The summed E-state index contributed by atoms with van der Waals surface area (Å²) < 4.78 is 31.4. The van der Waals surface area contributed by atoms with Gasteiger partial charge in [-0.25, -0.2) is 8.78 Å². The zero-order valence-electron chi connectivity index (χ0n) is 9.91. The Labute approximate surface area is 104 Å². The standard InChI is InChI=1S/C14H13F2NO/c1-9-4-13(3-2-10(9)8-17)18-14-6-11(15)5-12(16)7-14/h2-7H,8,17H2,1H3. The van der Waals surface area contributed by atoms with Crippen molar-refractivity contribution in [1.29, 1.82) is 0 Å². The summed E-state index contributed by atoms with van der Waals surface area (Å²) in [5.74, 6) is -0.678. The van der Waals surface area contributed by atoms with Crippen molar-refractivity contribution in [3.05, 3.63) is 59.2 Å². The molecule has 0 unspecified atom stereocenters. The number of aryl methyl sites for hydroxylation is 1. The normalized spacial score (nSPS) is 10.4. The van der Waals surface area contributed by atoms with Crippen molar-refractivity contribution in [2.45, 2.75) is 13.5 Å². The van der Waals surface area contributed by atoms with Gasteiger partial charge in [-0.05, 0) is 30.2 Å². The summed E-state index contributed by atoms with van der Waals surface area (Å²) in [5, 5.41) is 0. The molecular formula is C14H13F2NO. The van der Waals surface area contributed by atoms with Gasteiger partial charge in [0.2, 0.25) is 0 Å². The summed E-state index contributed by atoms with van der Waals surface area (Å²) in [5.41, 5.74) is 7.54. The van der Waals surface area contributed by atoms with Crippen LogP contribution in [-0.4, -0.2) is 0 Å². The van der Waals surface area contributed by atoms with E-state index < -0.39 is 11.6 Å². The topological polar surface area (TPSA) is 35.2 Å². The van der Waals surface area contributed by atoms with Gasteiger partial charge < -0.3 is 10.5 Å². The highest BCUT2D eigenvalue weighted by atomic mass is 19.1. The molecule has 4 heteroatoms. The molecule has 0 bridgehead atoms. The van der Waals surface area contributed by atoms with Crippen molar-refractivity contribution in [1.82, 2.24) is 0 Å². The van der Waals surface area contributed by atoms with Crippen molar-refractivity contribution >= 4 is 0 Å². The molecule has 0 heterocycles. The largest absolute Gasteiger partial charge is 0.457 e. The lowest BCUT2D eigenvalue weighted by Crippen LogP contribution is -1.99. The van der Waals surface area contributed by atoms with Crippen LogP contribution in [0.25, 0.3) is 0 Å². The molecule has 2 N–H and O–H groups in total. The molecule has 0 spiro atoms. The quantitative estimate of drug-likeness (QED) is 0.903. The predicted octanol–water partition coefficient (Wildman–Crippen LogP) is 3.52. The fraction of sp³-hybridized carbons (Fsp3) is 0.143. The van der Waals surface area contributed by atoms with Crippen molar-refractivity contribution in [3.63, 3.8) is 0 Å². The van der Waals surface area contributed by atoms with Crippen molar-refractivity contribution in [3.8, 4) is 11.5 Å². The van der Waals surface area contributed by atoms with Crippen LogP contribution in [0.2, 0.25) is 0 Å². The minimum atomic E-state index is -0.666. The van der Waals surface area contributed by atoms with Gasteiger partial charge in [-0.2, -0.15) is 0 Å². The SMILES string of the molecule is Cc1cc(Oc2cc(F)cc(F)c2)ccc1CN. The molecule has 0 fully saturated rings. The van der Waals surface area contributed by atoms with Crippen LogP contribution < -0.4 is 10.5 Å². The van der Waals surface area contributed by atoms with Gasteiger partial charge in [-0.1, -0.05) is 6.07 Å². The second-order valence-electron chi connectivity index (χ2n) is 4.00. The van der Waals surface area contributed by atoms with Crippen LogP contribution in [0.15, 0.2) is 36.4 Å². The van der Waals surface area contributed by atoms with Crippen molar-refractivity contribution < 1.29 is 13.5 Å². The van der Waals surface area contributed by atoms with E-state index in [9.17, 15) is 8.78 Å². The lowest BCUT2D eigenvalue weighted by atomic mass is 10.1. The van der Waals surface area contributed by atoms with E-state index in [4.69, 9.17) is 10.5 Å². The summed E-state index contributed by atoms with van der Waals surface area (Å²) in [6.07, 6.45) is 0. The smallest absolute Gasteiger partial charge is 0.133 e. The van der Waals surface area contributed by atoms with Gasteiger partial charge in [0.25, 0.3) is 0 Å². The van der Waals surface area contributed by atoms with Crippen LogP contribution in [0.1, 0.15) is 11.1 Å². The first-order chi connectivity index (χ1) is 8.58. The van der Waals surface area contributed by atoms with Crippen LogP contribution >= 0.6 is 0 Å². The average Bonchev–Trinajstić information content (AvgIpc) is 2.27. The third kappa shape index (κ3) is 2.84. The highest BCUT2D eigenvalue weighted by molar-refractivity contribution is 5.38. The molecule has 18 heavy (non-hydrogen) atoms.